The summed E-state index contributed by atoms with van der Waals surface area (Å²) in [5.41, 5.74) is 5.95. The first kappa shape index (κ1) is 9.81. The molecule has 1 atom stereocenters. The van der Waals surface area contributed by atoms with Gasteiger partial charge in [-0.1, -0.05) is 13.3 Å². The van der Waals surface area contributed by atoms with Crippen molar-refractivity contribution in [3.63, 3.8) is 0 Å². The van der Waals surface area contributed by atoms with Gasteiger partial charge in [0.05, 0.1) is 6.04 Å². The third kappa shape index (κ3) is 2.40. The number of hydrogen-bond donors (Lipinski definition) is 1. The van der Waals surface area contributed by atoms with Gasteiger partial charge in [-0.25, -0.2) is 4.99 Å². The fraction of sp³-hybridized carbons (Fsp3) is 0.909. The van der Waals surface area contributed by atoms with Crippen LogP contribution in [0.4, 0.5) is 0 Å². The number of nitrogens with zero attached hydrogens (tertiary/aromatic N) is 2. The number of guanidine groups is 1. The van der Waals surface area contributed by atoms with Gasteiger partial charge in [-0.3, -0.25) is 0 Å². The number of likely N-dealkylation sites (tertiary alicyclic amines) is 1. The molecule has 2 N–H and O–H groups in total. The molecule has 1 aliphatic heterocycles. The molecule has 3 heteroatoms. The van der Waals surface area contributed by atoms with Gasteiger partial charge in [0, 0.05) is 13.1 Å². The van der Waals surface area contributed by atoms with Crippen molar-refractivity contribution >= 4 is 5.96 Å². The Kier molecular flexibility index (Phi) is 2.94. The lowest BCUT2D eigenvalue weighted by atomic mass is 10.0. The predicted octanol–water partition coefficient (Wildman–Crippen LogP) is 1.59. The molecule has 1 heterocycles. The van der Waals surface area contributed by atoms with Gasteiger partial charge in [-0.15, -0.1) is 0 Å². The standard InChI is InChI=1S/C11H21N3/c1-2-3-9-6-7-14(8-9)11(12)13-10-4-5-10/h9-10H,2-8H2,1H3,(H2,12,13). The van der Waals surface area contributed by atoms with Crippen LogP contribution in [0.15, 0.2) is 4.99 Å². The Morgan fingerprint density at radius 3 is 2.86 bits per heavy atom. The van der Waals surface area contributed by atoms with Crippen molar-refractivity contribution in [3.8, 4) is 0 Å². The summed E-state index contributed by atoms with van der Waals surface area (Å²) >= 11 is 0. The lowest BCUT2D eigenvalue weighted by Crippen LogP contribution is -2.35. The second-order valence-corrected chi connectivity index (χ2v) is 4.61. The maximum absolute atomic E-state index is 5.95. The van der Waals surface area contributed by atoms with Crippen LogP contribution in [0.3, 0.4) is 0 Å². The molecule has 80 valence electrons. The van der Waals surface area contributed by atoms with Crippen LogP contribution in [0.2, 0.25) is 0 Å². The molecule has 1 unspecified atom stereocenters. The van der Waals surface area contributed by atoms with Gasteiger partial charge in [-0.05, 0) is 31.6 Å². The van der Waals surface area contributed by atoms with Crippen molar-refractivity contribution in [2.45, 2.75) is 45.1 Å². The van der Waals surface area contributed by atoms with E-state index in [1.165, 1.54) is 32.1 Å². The van der Waals surface area contributed by atoms with Gasteiger partial charge >= 0.3 is 0 Å². The van der Waals surface area contributed by atoms with Crippen LogP contribution in [0, 0.1) is 5.92 Å². The van der Waals surface area contributed by atoms with Crippen molar-refractivity contribution in [1.29, 1.82) is 0 Å². The van der Waals surface area contributed by atoms with E-state index in [2.05, 4.69) is 16.8 Å². The summed E-state index contributed by atoms with van der Waals surface area (Å²) in [5.74, 6) is 1.65. The average Bonchev–Trinajstić information content (AvgIpc) is 2.83. The molecule has 0 aromatic carbocycles. The molecule has 14 heavy (non-hydrogen) atoms. The van der Waals surface area contributed by atoms with E-state index in [1.807, 2.05) is 0 Å². The highest BCUT2D eigenvalue weighted by Gasteiger charge is 2.26. The van der Waals surface area contributed by atoms with Gasteiger partial charge in [0.15, 0.2) is 5.96 Å². The van der Waals surface area contributed by atoms with Crippen LogP contribution < -0.4 is 5.73 Å². The van der Waals surface area contributed by atoms with Crippen LogP contribution in [0.25, 0.3) is 0 Å². The smallest absolute Gasteiger partial charge is 0.191 e. The van der Waals surface area contributed by atoms with E-state index >= 15 is 0 Å². The molecule has 0 aromatic heterocycles. The largest absolute Gasteiger partial charge is 0.370 e. The third-order valence-electron chi connectivity index (χ3n) is 3.17. The first-order valence-electron chi connectivity index (χ1n) is 5.87. The van der Waals surface area contributed by atoms with Crippen molar-refractivity contribution in [1.82, 2.24) is 4.90 Å². The fourth-order valence-electron chi connectivity index (χ4n) is 2.16. The minimum atomic E-state index is 0.556. The maximum Gasteiger partial charge on any atom is 0.191 e. The van der Waals surface area contributed by atoms with Gasteiger partial charge < -0.3 is 10.6 Å². The molecule has 2 fully saturated rings. The highest BCUT2D eigenvalue weighted by Crippen LogP contribution is 2.25. The Bertz CT molecular complexity index is 221. The molecule has 3 nitrogen and oxygen atoms in total. The molecule has 1 aliphatic carbocycles. The lowest BCUT2D eigenvalue weighted by molar-refractivity contribution is 0.453. The molecule has 0 radical (unpaired) electrons. The SMILES string of the molecule is CCCC1CCN(C(N)=NC2CC2)C1. The first-order valence-corrected chi connectivity index (χ1v) is 5.87. The third-order valence-corrected chi connectivity index (χ3v) is 3.17. The molecule has 1 saturated carbocycles. The van der Waals surface area contributed by atoms with E-state index in [4.69, 9.17) is 5.73 Å². The van der Waals surface area contributed by atoms with Crippen LogP contribution in [-0.2, 0) is 0 Å². The summed E-state index contributed by atoms with van der Waals surface area (Å²) in [6, 6.07) is 0.556. The molecule has 0 bridgehead atoms. The van der Waals surface area contributed by atoms with Gasteiger partial charge in [-0.2, -0.15) is 0 Å². The van der Waals surface area contributed by atoms with E-state index in [1.54, 1.807) is 0 Å². The summed E-state index contributed by atoms with van der Waals surface area (Å²) in [5, 5.41) is 0. The van der Waals surface area contributed by atoms with Crippen LogP contribution >= 0.6 is 0 Å². The first-order chi connectivity index (χ1) is 6.79. The predicted molar refractivity (Wildman–Crippen MR) is 59.2 cm³/mol. The van der Waals surface area contributed by atoms with Crippen molar-refractivity contribution < 1.29 is 0 Å². The van der Waals surface area contributed by atoms with Gasteiger partial charge in [0.2, 0.25) is 0 Å². The number of nitrogens with two attached hydrogens (primary N) is 1. The van der Waals surface area contributed by atoms with E-state index in [-0.39, 0.29) is 0 Å². The maximum atomic E-state index is 5.95. The van der Waals surface area contributed by atoms with Gasteiger partial charge in [0.25, 0.3) is 0 Å². The second kappa shape index (κ2) is 4.20. The van der Waals surface area contributed by atoms with Crippen LogP contribution in [-0.4, -0.2) is 30.0 Å². The summed E-state index contributed by atoms with van der Waals surface area (Å²) in [6.07, 6.45) is 6.42. The molecular formula is C11H21N3. The Morgan fingerprint density at radius 2 is 2.21 bits per heavy atom. The highest BCUT2D eigenvalue weighted by atomic mass is 15.3. The molecule has 0 aromatic rings. The van der Waals surface area contributed by atoms with Crippen LogP contribution in [0.1, 0.15) is 39.0 Å². The molecular weight excluding hydrogens is 174 g/mol. The number of hydrogen-bond acceptors (Lipinski definition) is 1. The minimum absolute atomic E-state index is 0.556. The number of rotatable bonds is 3. The monoisotopic (exact) mass is 195 g/mol. The normalized spacial score (nSPS) is 28.5. The van der Waals surface area contributed by atoms with Crippen molar-refractivity contribution in [2.24, 2.45) is 16.6 Å². The zero-order chi connectivity index (χ0) is 9.97. The van der Waals surface area contributed by atoms with E-state index in [0.29, 0.717) is 6.04 Å². The number of aliphatic imine (C=N–C) groups is 1. The van der Waals surface area contributed by atoms with Crippen molar-refractivity contribution in [3.05, 3.63) is 0 Å². The Hall–Kier alpha value is -0.730. The topological polar surface area (TPSA) is 41.6 Å². The van der Waals surface area contributed by atoms with Gasteiger partial charge in [0.1, 0.15) is 0 Å². The van der Waals surface area contributed by atoms with Crippen LogP contribution in [0.5, 0.6) is 0 Å². The summed E-state index contributed by atoms with van der Waals surface area (Å²) in [6.45, 7) is 4.51. The Labute approximate surface area is 86.4 Å². The zero-order valence-electron chi connectivity index (χ0n) is 9.08. The quantitative estimate of drug-likeness (QED) is 0.549. The molecule has 2 aliphatic rings. The molecule has 0 amide bonds. The lowest BCUT2D eigenvalue weighted by Gasteiger charge is -2.17. The zero-order valence-corrected chi connectivity index (χ0v) is 9.08. The second-order valence-electron chi connectivity index (χ2n) is 4.61. The fourth-order valence-corrected chi connectivity index (χ4v) is 2.16. The average molecular weight is 195 g/mol. The molecule has 0 spiro atoms. The summed E-state index contributed by atoms with van der Waals surface area (Å²) in [7, 11) is 0. The molecule has 2 rings (SSSR count). The summed E-state index contributed by atoms with van der Waals surface area (Å²) in [4.78, 5) is 6.75. The van der Waals surface area contributed by atoms with E-state index in [9.17, 15) is 0 Å². The highest BCUT2D eigenvalue weighted by molar-refractivity contribution is 5.78. The minimum Gasteiger partial charge on any atom is -0.370 e. The molecule has 1 saturated heterocycles. The Balaban J connectivity index is 1.81. The Morgan fingerprint density at radius 1 is 1.43 bits per heavy atom. The summed E-state index contributed by atoms with van der Waals surface area (Å²) < 4.78 is 0. The van der Waals surface area contributed by atoms with Crippen molar-refractivity contribution in [2.75, 3.05) is 13.1 Å². The van der Waals surface area contributed by atoms with E-state index < -0.39 is 0 Å². The van der Waals surface area contributed by atoms with E-state index in [0.717, 1.165) is 25.0 Å².